The number of hydrogen-bond acceptors (Lipinski definition) is 0. The lowest BCUT2D eigenvalue weighted by molar-refractivity contribution is 1.64. The minimum Gasteiger partial charge on any atom is -0.0622 e. The molecule has 0 nitrogen and oxygen atoms in total. The number of benzene rings is 6. The molecule has 0 fully saturated rings. The van der Waals surface area contributed by atoms with Gasteiger partial charge in [-0.15, -0.1) is 0 Å². The Labute approximate surface area is 195 Å². The Morgan fingerprint density at radius 1 is 0.323 bits per heavy atom. The molecule has 0 radical (unpaired) electrons. The molecule has 0 bridgehead atoms. The van der Waals surface area contributed by atoms with E-state index < -0.39 is 0 Å². The SMILES string of the molecule is Ic1ccc2c(c1)c1cc(-c3ccccc3)ccc1c1ccc(-c3ccccc3)cc12. The molecular weight excluding hydrogens is 487 g/mol. The lowest BCUT2D eigenvalue weighted by atomic mass is 9.90. The molecule has 1 heteroatoms. The van der Waals surface area contributed by atoms with Crippen LogP contribution >= 0.6 is 22.6 Å². The van der Waals surface area contributed by atoms with Crippen molar-refractivity contribution in [3.05, 3.63) is 119 Å². The molecule has 6 aromatic carbocycles. The van der Waals surface area contributed by atoms with Gasteiger partial charge in [0.05, 0.1) is 0 Å². The maximum Gasteiger partial charge on any atom is 0.0136 e. The molecular formula is C30H19I. The van der Waals surface area contributed by atoms with Gasteiger partial charge in [0.2, 0.25) is 0 Å². The molecule has 0 atom stereocenters. The van der Waals surface area contributed by atoms with E-state index in [2.05, 4.69) is 138 Å². The monoisotopic (exact) mass is 506 g/mol. The van der Waals surface area contributed by atoms with Crippen LogP contribution in [0.5, 0.6) is 0 Å². The molecule has 0 aliphatic rings. The molecule has 0 N–H and O–H groups in total. The average Bonchev–Trinajstić information content (AvgIpc) is 2.84. The van der Waals surface area contributed by atoms with Crippen LogP contribution in [0.4, 0.5) is 0 Å². The van der Waals surface area contributed by atoms with Crippen molar-refractivity contribution in [1.29, 1.82) is 0 Å². The van der Waals surface area contributed by atoms with Gasteiger partial charge < -0.3 is 0 Å². The zero-order valence-corrected chi connectivity index (χ0v) is 19.0. The maximum absolute atomic E-state index is 2.42. The largest absolute Gasteiger partial charge is 0.0622 e. The second kappa shape index (κ2) is 7.51. The fraction of sp³-hybridized carbons (Fsp3) is 0. The van der Waals surface area contributed by atoms with Gasteiger partial charge >= 0.3 is 0 Å². The van der Waals surface area contributed by atoms with Crippen LogP contribution < -0.4 is 0 Å². The van der Waals surface area contributed by atoms with Crippen LogP contribution in [0.25, 0.3) is 54.6 Å². The predicted molar refractivity (Wildman–Crippen MR) is 143 cm³/mol. The lowest BCUT2D eigenvalue weighted by Crippen LogP contribution is -1.87. The highest BCUT2D eigenvalue weighted by Crippen LogP contribution is 2.39. The summed E-state index contributed by atoms with van der Waals surface area (Å²) in [5.74, 6) is 0. The molecule has 0 heterocycles. The van der Waals surface area contributed by atoms with Crippen molar-refractivity contribution in [1.82, 2.24) is 0 Å². The highest BCUT2D eigenvalue weighted by atomic mass is 127. The van der Waals surface area contributed by atoms with Gasteiger partial charge in [0.25, 0.3) is 0 Å². The summed E-state index contributed by atoms with van der Waals surface area (Å²) in [5, 5.41) is 7.87. The summed E-state index contributed by atoms with van der Waals surface area (Å²) in [6.07, 6.45) is 0. The van der Waals surface area contributed by atoms with Gasteiger partial charge in [-0.2, -0.15) is 0 Å². The van der Waals surface area contributed by atoms with E-state index in [4.69, 9.17) is 0 Å². The third-order valence-corrected chi connectivity index (χ3v) is 6.78. The number of rotatable bonds is 2. The molecule has 146 valence electrons. The molecule has 0 unspecified atom stereocenters. The lowest BCUT2D eigenvalue weighted by Gasteiger charge is -2.14. The van der Waals surface area contributed by atoms with Crippen LogP contribution in [0.2, 0.25) is 0 Å². The summed E-state index contributed by atoms with van der Waals surface area (Å²) in [4.78, 5) is 0. The topological polar surface area (TPSA) is 0 Å². The zero-order chi connectivity index (χ0) is 20.8. The summed E-state index contributed by atoms with van der Waals surface area (Å²) < 4.78 is 1.26. The normalized spacial score (nSPS) is 11.4. The van der Waals surface area contributed by atoms with Crippen LogP contribution in [0.1, 0.15) is 0 Å². The van der Waals surface area contributed by atoms with E-state index in [1.807, 2.05) is 0 Å². The van der Waals surface area contributed by atoms with E-state index in [1.54, 1.807) is 0 Å². The van der Waals surface area contributed by atoms with Crippen LogP contribution in [0.15, 0.2) is 115 Å². The summed E-state index contributed by atoms with van der Waals surface area (Å²) >= 11 is 2.42. The van der Waals surface area contributed by atoms with Crippen LogP contribution in [-0.4, -0.2) is 0 Å². The third-order valence-electron chi connectivity index (χ3n) is 6.11. The number of halogens is 1. The number of fused-ring (bicyclic) bond motifs is 6. The van der Waals surface area contributed by atoms with Gasteiger partial charge in [0, 0.05) is 3.57 Å². The van der Waals surface area contributed by atoms with Crippen LogP contribution in [-0.2, 0) is 0 Å². The summed E-state index contributed by atoms with van der Waals surface area (Å²) in [6.45, 7) is 0. The van der Waals surface area contributed by atoms with Crippen molar-refractivity contribution < 1.29 is 0 Å². The van der Waals surface area contributed by atoms with Crippen molar-refractivity contribution in [2.45, 2.75) is 0 Å². The Hall–Kier alpha value is -3.17. The van der Waals surface area contributed by atoms with Gasteiger partial charge in [0.1, 0.15) is 0 Å². The standard InChI is InChI=1S/C30H19I/c31-24-13-16-27-28-17-22(20-7-3-1-4-8-20)11-14-25(28)26-15-12-23(18-29(26)30(27)19-24)21-9-5-2-6-10-21/h1-19H. The Bertz CT molecular complexity index is 1570. The second-order valence-electron chi connectivity index (χ2n) is 7.94. The molecule has 0 aromatic heterocycles. The van der Waals surface area contributed by atoms with Crippen molar-refractivity contribution in [3.8, 4) is 22.3 Å². The van der Waals surface area contributed by atoms with Crippen molar-refractivity contribution in [2.24, 2.45) is 0 Å². The van der Waals surface area contributed by atoms with E-state index in [0.717, 1.165) is 0 Å². The smallest absolute Gasteiger partial charge is 0.0136 e. The molecule has 0 aliphatic carbocycles. The summed E-state index contributed by atoms with van der Waals surface area (Å²) in [5.41, 5.74) is 5.02. The minimum absolute atomic E-state index is 1.25. The minimum atomic E-state index is 1.25. The molecule has 0 spiro atoms. The molecule has 6 aromatic rings. The molecule has 6 rings (SSSR count). The van der Waals surface area contributed by atoms with E-state index in [1.165, 1.54) is 58.1 Å². The van der Waals surface area contributed by atoms with E-state index >= 15 is 0 Å². The predicted octanol–water partition coefficient (Wildman–Crippen LogP) is 9.08. The van der Waals surface area contributed by atoms with Gasteiger partial charge in [0.15, 0.2) is 0 Å². The van der Waals surface area contributed by atoms with Crippen molar-refractivity contribution in [2.75, 3.05) is 0 Å². The van der Waals surface area contributed by atoms with E-state index in [-0.39, 0.29) is 0 Å². The Morgan fingerprint density at radius 3 is 1.29 bits per heavy atom. The van der Waals surface area contributed by atoms with Crippen molar-refractivity contribution >= 4 is 54.9 Å². The molecule has 0 saturated carbocycles. The first kappa shape index (κ1) is 18.6. The second-order valence-corrected chi connectivity index (χ2v) is 9.19. The summed E-state index contributed by atoms with van der Waals surface area (Å²) in [6, 6.07) is 41.9. The first-order valence-corrected chi connectivity index (χ1v) is 11.6. The van der Waals surface area contributed by atoms with Crippen molar-refractivity contribution in [3.63, 3.8) is 0 Å². The first-order valence-electron chi connectivity index (χ1n) is 10.5. The Morgan fingerprint density at radius 2 is 0.742 bits per heavy atom. The van der Waals surface area contributed by atoms with Crippen LogP contribution in [0, 0.1) is 3.57 Å². The highest BCUT2D eigenvalue weighted by molar-refractivity contribution is 14.1. The number of hydrogen-bond donors (Lipinski definition) is 0. The molecule has 31 heavy (non-hydrogen) atoms. The Kier molecular flexibility index (Phi) is 4.50. The average molecular weight is 506 g/mol. The highest BCUT2D eigenvalue weighted by Gasteiger charge is 2.11. The quantitative estimate of drug-likeness (QED) is 0.162. The van der Waals surface area contributed by atoms with Gasteiger partial charge in [-0.25, -0.2) is 0 Å². The molecule has 0 saturated heterocycles. The zero-order valence-electron chi connectivity index (χ0n) is 16.8. The molecule has 0 amide bonds. The van der Waals surface area contributed by atoms with E-state index in [9.17, 15) is 0 Å². The van der Waals surface area contributed by atoms with Gasteiger partial charge in [-0.1, -0.05) is 91.0 Å². The third kappa shape index (κ3) is 3.21. The molecule has 0 aliphatic heterocycles. The van der Waals surface area contributed by atoms with Gasteiger partial charge in [-0.3, -0.25) is 0 Å². The maximum atomic E-state index is 2.42. The van der Waals surface area contributed by atoms with Crippen LogP contribution in [0.3, 0.4) is 0 Å². The fourth-order valence-electron chi connectivity index (χ4n) is 4.60. The Balaban J connectivity index is 1.71. The summed E-state index contributed by atoms with van der Waals surface area (Å²) in [7, 11) is 0. The van der Waals surface area contributed by atoms with Gasteiger partial charge in [-0.05, 0) is 101 Å². The fourth-order valence-corrected chi connectivity index (χ4v) is 5.09. The van der Waals surface area contributed by atoms with E-state index in [0.29, 0.717) is 0 Å². The first-order chi connectivity index (χ1) is 15.3.